The smallest absolute Gasteiger partial charge is 0.437 e. The fourth-order valence-corrected chi connectivity index (χ4v) is 3.12. The van der Waals surface area contributed by atoms with Crippen molar-refractivity contribution in [3.63, 3.8) is 0 Å². The standard InChI is InChI=1S/C18H13BrO6/c1-22-17(20)24-15-10-6-3-4-7-11(10)16(25-18(21)23-2)14-12(15)8-5-9-13(14)19/h3-9H,1-2H3. The molecule has 0 bridgehead atoms. The van der Waals surface area contributed by atoms with Crippen LogP contribution in [0.25, 0.3) is 21.5 Å². The molecule has 0 aliphatic carbocycles. The van der Waals surface area contributed by atoms with E-state index in [4.69, 9.17) is 9.47 Å². The highest BCUT2D eigenvalue weighted by atomic mass is 79.9. The summed E-state index contributed by atoms with van der Waals surface area (Å²) in [7, 11) is 2.47. The van der Waals surface area contributed by atoms with E-state index < -0.39 is 12.3 Å². The van der Waals surface area contributed by atoms with E-state index in [0.717, 1.165) is 0 Å². The van der Waals surface area contributed by atoms with Gasteiger partial charge in [0.1, 0.15) is 0 Å². The third-order valence-electron chi connectivity index (χ3n) is 3.61. The van der Waals surface area contributed by atoms with Gasteiger partial charge in [-0.3, -0.25) is 0 Å². The molecule has 0 spiro atoms. The van der Waals surface area contributed by atoms with Gasteiger partial charge in [0.25, 0.3) is 0 Å². The minimum absolute atomic E-state index is 0.308. The van der Waals surface area contributed by atoms with Crippen molar-refractivity contribution in [3.05, 3.63) is 46.9 Å². The number of fused-ring (bicyclic) bond motifs is 2. The van der Waals surface area contributed by atoms with Gasteiger partial charge in [-0.25, -0.2) is 9.59 Å². The highest BCUT2D eigenvalue weighted by Crippen LogP contribution is 2.45. The first-order chi connectivity index (χ1) is 12.1. The van der Waals surface area contributed by atoms with Crippen LogP contribution in [0.15, 0.2) is 46.9 Å². The van der Waals surface area contributed by atoms with Crippen LogP contribution in [0.5, 0.6) is 11.5 Å². The van der Waals surface area contributed by atoms with Crippen molar-refractivity contribution in [2.45, 2.75) is 0 Å². The van der Waals surface area contributed by atoms with Gasteiger partial charge >= 0.3 is 12.3 Å². The SMILES string of the molecule is COC(=O)Oc1c2ccccc2c(OC(=O)OC)c2c(Br)cccc12. The van der Waals surface area contributed by atoms with Crippen LogP contribution in [0.4, 0.5) is 9.59 Å². The molecule has 128 valence electrons. The topological polar surface area (TPSA) is 71.1 Å². The first-order valence-electron chi connectivity index (χ1n) is 7.21. The van der Waals surface area contributed by atoms with E-state index in [0.29, 0.717) is 37.5 Å². The molecule has 3 rings (SSSR count). The summed E-state index contributed by atoms with van der Waals surface area (Å²) in [6.07, 6.45) is -1.68. The minimum atomic E-state index is -0.844. The molecule has 6 nitrogen and oxygen atoms in total. The number of methoxy groups -OCH3 is 2. The van der Waals surface area contributed by atoms with Gasteiger partial charge in [-0.05, 0) is 6.07 Å². The van der Waals surface area contributed by atoms with Gasteiger partial charge in [-0.1, -0.05) is 52.3 Å². The Morgan fingerprint density at radius 3 is 1.88 bits per heavy atom. The molecule has 0 atom stereocenters. The molecule has 0 aliphatic heterocycles. The van der Waals surface area contributed by atoms with Crippen molar-refractivity contribution >= 4 is 49.8 Å². The van der Waals surface area contributed by atoms with Crippen molar-refractivity contribution in [2.75, 3.05) is 14.2 Å². The zero-order chi connectivity index (χ0) is 18.0. The molecule has 0 amide bonds. The van der Waals surface area contributed by atoms with Gasteiger partial charge in [0.05, 0.1) is 14.2 Å². The number of halogens is 1. The summed E-state index contributed by atoms with van der Waals surface area (Å²) in [5.41, 5.74) is 0. The Labute approximate surface area is 151 Å². The van der Waals surface area contributed by atoms with Crippen LogP contribution in [-0.2, 0) is 9.47 Å². The number of rotatable bonds is 2. The molecule has 0 fully saturated rings. The van der Waals surface area contributed by atoms with Crippen LogP contribution in [0.2, 0.25) is 0 Å². The molecule has 0 saturated heterocycles. The van der Waals surface area contributed by atoms with Crippen LogP contribution in [0.3, 0.4) is 0 Å². The van der Waals surface area contributed by atoms with E-state index in [9.17, 15) is 9.59 Å². The van der Waals surface area contributed by atoms with Crippen molar-refractivity contribution < 1.29 is 28.5 Å². The van der Waals surface area contributed by atoms with E-state index >= 15 is 0 Å². The molecule has 3 aromatic rings. The van der Waals surface area contributed by atoms with Crippen LogP contribution >= 0.6 is 15.9 Å². The van der Waals surface area contributed by atoms with Gasteiger partial charge < -0.3 is 18.9 Å². The summed E-state index contributed by atoms with van der Waals surface area (Å²) in [6.45, 7) is 0. The summed E-state index contributed by atoms with van der Waals surface area (Å²) in [6, 6.07) is 12.4. The molecule has 0 heterocycles. The van der Waals surface area contributed by atoms with E-state index in [-0.39, 0.29) is 0 Å². The highest BCUT2D eigenvalue weighted by molar-refractivity contribution is 9.10. The van der Waals surface area contributed by atoms with Crippen molar-refractivity contribution in [1.82, 2.24) is 0 Å². The third kappa shape index (κ3) is 3.10. The maximum atomic E-state index is 11.7. The quantitative estimate of drug-likeness (QED) is 0.338. The van der Waals surface area contributed by atoms with Crippen molar-refractivity contribution in [3.8, 4) is 11.5 Å². The second-order valence-electron chi connectivity index (χ2n) is 4.98. The van der Waals surface area contributed by atoms with Crippen LogP contribution in [0.1, 0.15) is 0 Å². The maximum Gasteiger partial charge on any atom is 0.513 e. The van der Waals surface area contributed by atoms with Gasteiger partial charge in [0.15, 0.2) is 11.5 Å². The van der Waals surface area contributed by atoms with E-state index in [1.807, 2.05) is 0 Å². The molecular weight excluding hydrogens is 392 g/mol. The molecule has 25 heavy (non-hydrogen) atoms. The number of carbonyl (C=O) groups is 2. The molecule has 0 aliphatic rings. The monoisotopic (exact) mass is 404 g/mol. The summed E-state index contributed by atoms with van der Waals surface area (Å²) in [5, 5.41) is 2.34. The van der Waals surface area contributed by atoms with Gasteiger partial charge in [-0.2, -0.15) is 0 Å². The first kappa shape index (κ1) is 17.0. The molecule has 3 aromatic carbocycles. The average Bonchev–Trinajstić information content (AvgIpc) is 2.63. The Morgan fingerprint density at radius 1 is 0.760 bits per heavy atom. The molecule has 0 saturated carbocycles. The van der Waals surface area contributed by atoms with Crippen LogP contribution < -0.4 is 9.47 Å². The largest absolute Gasteiger partial charge is 0.513 e. The average molecular weight is 405 g/mol. The Hall–Kier alpha value is -2.80. The fraction of sp³-hybridized carbons (Fsp3) is 0.111. The van der Waals surface area contributed by atoms with Crippen molar-refractivity contribution in [1.29, 1.82) is 0 Å². The number of ether oxygens (including phenoxy) is 4. The Balaban J connectivity index is 2.43. The lowest BCUT2D eigenvalue weighted by molar-refractivity contribution is 0.120. The molecule has 0 N–H and O–H groups in total. The lowest BCUT2D eigenvalue weighted by atomic mass is 10.0. The normalized spacial score (nSPS) is 10.5. The van der Waals surface area contributed by atoms with E-state index in [2.05, 4.69) is 25.4 Å². The van der Waals surface area contributed by atoms with Crippen LogP contribution in [0, 0.1) is 0 Å². The predicted molar refractivity (Wildman–Crippen MR) is 95.2 cm³/mol. The summed E-state index contributed by atoms with van der Waals surface area (Å²) >= 11 is 3.46. The van der Waals surface area contributed by atoms with E-state index in [1.54, 1.807) is 42.5 Å². The van der Waals surface area contributed by atoms with Crippen LogP contribution in [-0.4, -0.2) is 26.5 Å². The molecular formula is C18H13BrO6. The zero-order valence-corrected chi connectivity index (χ0v) is 15.0. The second-order valence-corrected chi connectivity index (χ2v) is 5.83. The van der Waals surface area contributed by atoms with Gasteiger partial charge in [-0.15, -0.1) is 0 Å². The zero-order valence-electron chi connectivity index (χ0n) is 13.4. The Kier molecular flexibility index (Phi) is 4.76. The number of carbonyl (C=O) groups excluding carboxylic acids is 2. The van der Waals surface area contributed by atoms with E-state index in [1.165, 1.54) is 14.2 Å². The molecule has 7 heteroatoms. The van der Waals surface area contributed by atoms with Gasteiger partial charge in [0, 0.05) is 26.0 Å². The molecule has 0 unspecified atom stereocenters. The summed E-state index contributed by atoms with van der Waals surface area (Å²) in [5.74, 6) is 0.623. The number of benzene rings is 3. The highest BCUT2D eigenvalue weighted by Gasteiger charge is 2.21. The minimum Gasteiger partial charge on any atom is -0.437 e. The maximum absolute atomic E-state index is 11.7. The molecule has 0 radical (unpaired) electrons. The van der Waals surface area contributed by atoms with Gasteiger partial charge in [0.2, 0.25) is 0 Å². The second kappa shape index (κ2) is 6.98. The number of hydrogen-bond acceptors (Lipinski definition) is 6. The molecule has 0 aromatic heterocycles. The lowest BCUT2D eigenvalue weighted by Gasteiger charge is -2.16. The van der Waals surface area contributed by atoms with Crippen molar-refractivity contribution in [2.24, 2.45) is 0 Å². The lowest BCUT2D eigenvalue weighted by Crippen LogP contribution is -2.10. The summed E-state index contributed by atoms with van der Waals surface area (Å²) < 4.78 is 20.7. The predicted octanol–water partition coefficient (Wildman–Crippen LogP) is 5.05. The summed E-state index contributed by atoms with van der Waals surface area (Å²) in [4.78, 5) is 23.4. The Bertz CT molecular complexity index is 982. The third-order valence-corrected chi connectivity index (χ3v) is 4.27. The fourth-order valence-electron chi connectivity index (χ4n) is 2.57. The number of hydrogen-bond donors (Lipinski definition) is 0. The first-order valence-corrected chi connectivity index (χ1v) is 8.00. The Morgan fingerprint density at radius 2 is 1.28 bits per heavy atom.